The number of hydrogen-bond acceptors (Lipinski definition) is 5. The Morgan fingerprint density at radius 1 is 1.21 bits per heavy atom. The van der Waals surface area contributed by atoms with Crippen molar-refractivity contribution in [3.05, 3.63) is 54.1 Å². The van der Waals surface area contributed by atoms with Crippen molar-refractivity contribution < 1.29 is 9.90 Å². The Morgan fingerprint density at radius 2 is 1.96 bits per heavy atom. The fourth-order valence-electron chi connectivity index (χ4n) is 2.28. The molecule has 0 fully saturated rings. The highest BCUT2D eigenvalue weighted by Gasteiger charge is 2.15. The Morgan fingerprint density at radius 3 is 2.62 bits per heavy atom. The van der Waals surface area contributed by atoms with Crippen LogP contribution in [-0.4, -0.2) is 32.1 Å². The Balaban J connectivity index is 1.97. The number of carboxylic acids is 1. The molecular formula is C17H16N4O2S. The minimum atomic E-state index is -1.02. The second-order valence-electron chi connectivity index (χ2n) is 5.08. The average molecular weight is 340 g/mol. The monoisotopic (exact) mass is 340 g/mol. The SMILES string of the molecule is CSc1ccc(C(=O)O)c(Nc2cc(-c3ccccc3)nn2C)n1. The number of rotatable bonds is 5. The molecule has 2 N–H and O–H groups in total. The molecule has 0 saturated heterocycles. The molecule has 0 bridgehead atoms. The van der Waals surface area contributed by atoms with Crippen molar-refractivity contribution in [2.45, 2.75) is 5.03 Å². The van der Waals surface area contributed by atoms with E-state index in [0.717, 1.165) is 16.3 Å². The van der Waals surface area contributed by atoms with Crippen molar-refractivity contribution in [2.24, 2.45) is 7.05 Å². The van der Waals surface area contributed by atoms with Gasteiger partial charge < -0.3 is 10.4 Å². The third-order valence-corrected chi connectivity index (χ3v) is 4.15. The van der Waals surface area contributed by atoms with Gasteiger partial charge in [-0.25, -0.2) is 9.78 Å². The number of carbonyl (C=O) groups is 1. The first-order valence-electron chi connectivity index (χ1n) is 7.23. The van der Waals surface area contributed by atoms with Gasteiger partial charge in [0.15, 0.2) is 0 Å². The summed E-state index contributed by atoms with van der Waals surface area (Å²) in [6, 6.07) is 14.9. The number of nitrogens with one attached hydrogen (secondary N) is 1. The molecule has 0 aliphatic heterocycles. The van der Waals surface area contributed by atoms with E-state index >= 15 is 0 Å². The minimum absolute atomic E-state index is 0.121. The number of aryl methyl sites for hydroxylation is 1. The molecule has 0 aliphatic carbocycles. The highest BCUT2D eigenvalue weighted by Crippen LogP contribution is 2.26. The van der Waals surface area contributed by atoms with Crippen molar-refractivity contribution in [2.75, 3.05) is 11.6 Å². The van der Waals surface area contributed by atoms with Crippen molar-refractivity contribution in [3.8, 4) is 11.3 Å². The van der Waals surface area contributed by atoms with Crippen LogP contribution in [0, 0.1) is 0 Å². The number of aromatic carboxylic acids is 1. The third-order valence-electron chi connectivity index (χ3n) is 3.51. The smallest absolute Gasteiger partial charge is 0.339 e. The van der Waals surface area contributed by atoms with E-state index in [1.807, 2.05) is 42.7 Å². The average Bonchev–Trinajstić information content (AvgIpc) is 2.96. The molecular weight excluding hydrogens is 324 g/mol. The van der Waals surface area contributed by atoms with Crippen molar-refractivity contribution in [1.82, 2.24) is 14.8 Å². The summed E-state index contributed by atoms with van der Waals surface area (Å²) in [6.45, 7) is 0. The number of benzene rings is 1. The largest absolute Gasteiger partial charge is 0.478 e. The van der Waals surface area contributed by atoms with E-state index in [4.69, 9.17) is 0 Å². The maximum atomic E-state index is 11.4. The zero-order chi connectivity index (χ0) is 17.1. The molecule has 0 radical (unpaired) electrons. The summed E-state index contributed by atoms with van der Waals surface area (Å²) in [5.74, 6) is -0.0535. The van der Waals surface area contributed by atoms with Gasteiger partial charge in [-0.2, -0.15) is 5.10 Å². The Labute approximate surface area is 143 Å². The van der Waals surface area contributed by atoms with Crippen LogP contribution in [0.2, 0.25) is 0 Å². The van der Waals surface area contributed by atoms with Crippen LogP contribution in [0.5, 0.6) is 0 Å². The van der Waals surface area contributed by atoms with Gasteiger partial charge in [-0.15, -0.1) is 11.8 Å². The summed E-state index contributed by atoms with van der Waals surface area (Å²) in [6.07, 6.45) is 1.89. The van der Waals surface area contributed by atoms with E-state index in [1.165, 1.54) is 11.8 Å². The van der Waals surface area contributed by atoms with Crippen LogP contribution in [0.25, 0.3) is 11.3 Å². The summed E-state index contributed by atoms with van der Waals surface area (Å²) in [7, 11) is 1.80. The normalized spacial score (nSPS) is 10.6. The lowest BCUT2D eigenvalue weighted by molar-refractivity contribution is 0.0697. The molecule has 6 nitrogen and oxygen atoms in total. The molecule has 2 aromatic heterocycles. The summed E-state index contributed by atoms with van der Waals surface area (Å²) >= 11 is 1.45. The van der Waals surface area contributed by atoms with E-state index in [-0.39, 0.29) is 5.56 Å². The lowest BCUT2D eigenvalue weighted by atomic mass is 10.1. The number of anilines is 2. The molecule has 0 amide bonds. The van der Waals surface area contributed by atoms with Crippen molar-refractivity contribution >= 4 is 29.4 Å². The summed E-state index contributed by atoms with van der Waals surface area (Å²) in [5.41, 5.74) is 1.92. The zero-order valence-corrected chi connectivity index (χ0v) is 14.0. The predicted molar refractivity (Wildman–Crippen MR) is 94.9 cm³/mol. The van der Waals surface area contributed by atoms with Crippen LogP contribution in [0.1, 0.15) is 10.4 Å². The lowest BCUT2D eigenvalue weighted by Crippen LogP contribution is -2.07. The molecule has 0 aliphatic rings. The number of pyridine rings is 1. The minimum Gasteiger partial charge on any atom is -0.478 e. The molecule has 0 spiro atoms. The zero-order valence-electron chi connectivity index (χ0n) is 13.2. The number of aromatic nitrogens is 3. The highest BCUT2D eigenvalue weighted by molar-refractivity contribution is 7.98. The first kappa shape index (κ1) is 16.1. The van der Waals surface area contributed by atoms with Gasteiger partial charge in [-0.1, -0.05) is 30.3 Å². The van der Waals surface area contributed by atoms with Crippen LogP contribution in [0.4, 0.5) is 11.6 Å². The molecule has 24 heavy (non-hydrogen) atoms. The van der Waals surface area contributed by atoms with E-state index in [0.29, 0.717) is 11.6 Å². The Bertz CT molecular complexity index is 878. The summed E-state index contributed by atoms with van der Waals surface area (Å²) in [5, 5.41) is 17.6. The lowest BCUT2D eigenvalue weighted by Gasteiger charge is -2.09. The predicted octanol–water partition coefficient (Wildman–Crippen LogP) is 3.65. The van der Waals surface area contributed by atoms with E-state index in [2.05, 4.69) is 15.4 Å². The van der Waals surface area contributed by atoms with Gasteiger partial charge in [0.05, 0.1) is 10.7 Å². The van der Waals surface area contributed by atoms with Gasteiger partial charge in [0.2, 0.25) is 0 Å². The van der Waals surface area contributed by atoms with E-state index in [9.17, 15) is 9.90 Å². The standard InChI is InChI=1S/C17H16N4O2S/c1-21-14(10-13(20-21)11-6-4-3-5-7-11)18-16-12(17(22)23)8-9-15(19-16)24-2/h3-10H,1-2H3,(H,18,19)(H,22,23). The number of hydrogen-bond donors (Lipinski definition) is 2. The van der Waals surface area contributed by atoms with Gasteiger partial charge in [0, 0.05) is 18.7 Å². The second-order valence-corrected chi connectivity index (χ2v) is 5.91. The fourth-order valence-corrected chi connectivity index (χ4v) is 2.67. The van der Waals surface area contributed by atoms with Gasteiger partial charge in [0.1, 0.15) is 17.2 Å². The second kappa shape index (κ2) is 6.76. The summed E-state index contributed by atoms with van der Waals surface area (Å²) in [4.78, 5) is 15.8. The van der Waals surface area contributed by atoms with E-state index in [1.54, 1.807) is 23.9 Å². The highest BCUT2D eigenvalue weighted by atomic mass is 32.2. The fraction of sp³-hybridized carbons (Fsp3) is 0.118. The van der Waals surface area contributed by atoms with Crippen LogP contribution < -0.4 is 5.32 Å². The number of nitrogens with zero attached hydrogens (tertiary/aromatic N) is 3. The van der Waals surface area contributed by atoms with Crippen LogP contribution in [0.15, 0.2) is 53.6 Å². The van der Waals surface area contributed by atoms with Gasteiger partial charge >= 0.3 is 5.97 Å². The van der Waals surface area contributed by atoms with Gasteiger partial charge in [0.25, 0.3) is 0 Å². The first-order valence-corrected chi connectivity index (χ1v) is 8.46. The maximum absolute atomic E-state index is 11.4. The molecule has 0 atom stereocenters. The molecule has 2 heterocycles. The molecule has 3 aromatic rings. The van der Waals surface area contributed by atoms with Crippen LogP contribution in [0.3, 0.4) is 0 Å². The van der Waals surface area contributed by atoms with Crippen molar-refractivity contribution in [1.29, 1.82) is 0 Å². The molecule has 0 unspecified atom stereocenters. The van der Waals surface area contributed by atoms with E-state index < -0.39 is 5.97 Å². The van der Waals surface area contributed by atoms with Crippen molar-refractivity contribution in [3.63, 3.8) is 0 Å². The van der Waals surface area contributed by atoms with Crippen LogP contribution >= 0.6 is 11.8 Å². The molecule has 1 aromatic carbocycles. The first-order chi connectivity index (χ1) is 11.6. The quantitative estimate of drug-likeness (QED) is 0.690. The number of thioether (sulfide) groups is 1. The Hall–Kier alpha value is -2.80. The van der Waals surface area contributed by atoms with Gasteiger partial charge in [-0.3, -0.25) is 4.68 Å². The molecule has 0 saturated carbocycles. The topological polar surface area (TPSA) is 80.0 Å². The molecule has 3 rings (SSSR count). The third kappa shape index (κ3) is 3.26. The number of carboxylic acid groups (broad SMARTS) is 1. The molecule has 122 valence electrons. The maximum Gasteiger partial charge on any atom is 0.339 e. The summed E-state index contributed by atoms with van der Waals surface area (Å²) < 4.78 is 1.67. The van der Waals surface area contributed by atoms with Gasteiger partial charge in [-0.05, 0) is 18.4 Å². The molecule has 7 heteroatoms. The Kier molecular flexibility index (Phi) is 4.52. The van der Waals surface area contributed by atoms with Crippen LogP contribution in [-0.2, 0) is 7.05 Å².